The Hall–Kier alpha value is -1.90. The Labute approximate surface area is 102 Å². The largest absolute Gasteiger partial charge is 0.481 e. The Morgan fingerprint density at radius 3 is 2.53 bits per heavy atom. The summed E-state index contributed by atoms with van der Waals surface area (Å²) in [5, 5.41) is 0. The van der Waals surface area contributed by atoms with Gasteiger partial charge in [0.2, 0.25) is 5.88 Å². The summed E-state index contributed by atoms with van der Waals surface area (Å²) in [6, 6.07) is 7.90. The summed E-state index contributed by atoms with van der Waals surface area (Å²) in [6.07, 6.45) is 3.65. The van der Waals surface area contributed by atoms with Crippen LogP contribution in [0, 0.1) is 0 Å². The van der Waals surface area contributed by atoms with Crippen molar-refractivity contribution >= 4 is 0 Å². The minimum absolute atomic E-state index is 0.397. The summed E-state index contributed by atoms with van der Waals surface area (Å²) < 4.78 is 5.06. The summed E-state index contributed by atoms with van der Waals surface area (Å²) in [7, 11) is 1.62. The van der Waals surface area contributed by atoms with Crippen LogP contribution in [0.1, 0.15) is 25.5 Å². The van der Waals surface area contributed by atoms with Gasteiger partial charge in [-0.15, -0.1) is 0 Å². The first-order valence-electron chi connectivity index (χ1n) is 5.67. The fourth-order valence-electron chi connectivity index (χ4n) is 1.78. The van der Waals surface area contributed by atoms with E-state index in [0.717, 1.165) is 16.8 Å². The van der Waals surface area contributed by atoms with E-state index in [4.69, 9.17) is 4.74 Å². The van der Waals surface area contributed by atoms with Gasteiger partial charge < -0.3 is 4.74 Å². The number of hydrogen-bond acceptors (Lipinski definition) is 3. The van der Waals surface area contributed by atoms with E-state index in [1.165, 1.54) is 0 Å². The van der Waals surface area contributed by atoms with Crippen LogP contribution in [0.15, 0.2) is 36.7 Å². The summed E-state index contributed by atoms with van der Waals surface area (Å²) in [5.74, 6) is 1.03. The van der Waals surface area contributed by atoms with Crippen molar-refractivity contribution in [3.63, 3.8) is 0 Å². The number of pyridine rings is 2. The maximum Gasteiger partial charge on any atom is 0.212 e. The Bertz CT molecular complexity index is 492. The molecule has 2 heterocycles. The number of nitrogens with zero attached hydrogens (tertiary/aromatic N) is 2. The third-order valence-electron chi connectivity index (χ3n) is 2.64. The smallest absolute Gasteiger partial charge is 0.212 e. The minimum Gasteiger partial charge on any atom is -0.481 e. The molecule has 0 N–H and O–H groups in total. The van der Waals surface area contributed by atoms with Gasteiger partial charge in [-0.1, -0.05) is 19.9 Å². The second kappa shape index (κ2) is 4.95. The zero-order valence-corrected chi connectivity index (χ0v) is 10.3. The van der Waals surface area contributed by atoms with Crippen LogP contribution in [0.5, 0.6) is 5.88 Å². The molecule has 0 unspecified atom stereocenters. The molecule has 0 bridgehead atoms. The van der Waals surface area contributed by atoms with E-state index in [1.807, 2.05) is 30.6 Å². The van der Waals surface area contributed by atoms with Crippen LogP contribution in [-0.2, 0) is 0 Å². The molecule has 17 heavy (non-hydrogen) atoms. The van der Waals surface area contributed by atoms with Crippen LogP contribution in [0.4, 0.5) is 0 Å². The van der Waals surface area contributed by atoms with E-state index in [0.29, 0.717) is 11.8 Å². The molecule has 0 atom stereocenters. The highest BCUT2D eigenvalue weighted by Crippen LogP contribution is 2.27. The summed E-state index contributed by atoms with van der Waals surface area (Å²) >= 11 is 0. The van der Waals surface area contributed by atoms with E-state index < -0.39 is 0 Å². The number of hydrogen-bond donors (Lipinski definition) is 0. The van der Waals surface area contributed by atoms with Crippen molar-refractivity contribution in [3.8, 4) is 17.0 Å². The monoisotopic (exact) mass is 228 g/mol. The first-order chi connectivity index (χ1) is 8.22. The molecule has 88 valence electrons. The normalized spacial score (nSPS) is 10.6. The fourth-order valence-corrected chi connectivity index (χ4v) is 1.78. The van der Waals surface area contributed by atoms with Crippen molar-refractivity contribution < 1.29 is 4.74 Å². The molecule has 3 heteroatoms. The Balaban J connectivity index is 2.45. The van der Waals surface area contributed by atoms with Gasteiger partial charge >= 0.3 is 0 Å². The number of aromatic nitrogens is 2. The maximum absolute atomic E-state index is 5.06. The lowest BCUT2D eigenvalue weighted by Crippen LogP contribution is -1.96. The predicted molar refractivity (Wildman–Crippen MR) is 68.1 cm³/mol. The van der Waals surface area contributed by atoms with Crippen LogP contribution in [0.2, 0.25) is 0 Å². The standard InChI is InChI=1S/C14H16N2O/c1-10(2)14-12(5-4-8-15-14)11-6-7-13(17-3)16-9-11/h4-10H,1-3H3. The average molecular weight is 228 g/mol. The lowest BCUT2D eigenvalue weighted by Gasteiger charge is -2.11. The van der Waals surface area contributed by atoms with Crippen LogP contribution >= 0.6 is 0 Å². The maximum atomic E-state index is 5.06. The summed E-state index contributed by atoms with van der Waals surface area (Å²) in [4.78, 5) is 8.66. The van der Waals surface area contributed by atoms with Gasteiger partial charge in [-0.25, -0.2) is 4.98 Å². The van der Waals surface area contributed by atoms with Gasteiger partial charge in [0, 0.05) is 29.6 Å². The fraction of sp³-hybridized carbons (Fsp3) is 0.286. The van der Waals surface area contributed by atoms with Gasteiger partial charge in [0.25, 0.3) is 0 Å². The molecule has 0 saturated carbocycles. The van der Waals surface area contributed by atoms with Gasteiger partial charge in [0.1, 0.15) is 0 Å². The molecule has 0 spiro atoms. The number of ether oxygens (including phenoxy) is 1. The van der Waals surface area contributed by atoms with Crippen molar-refractivity contribution in [1.82, 2.24) is 9.97 Å². The van der Waals surface area contributed by atoms with Crippen molar-refractivity contribution in [3.05, 3.63) is 42.4 Å². The molecule has 3 nitrogen and oxygen atoms in total. The van der Waals surface area contributed by atoms with E-state index in [1.54, 1.807) is 7.11 Å². The summed E-state index contributed by atoms with van der Waals surface area (Å²) in [5.41, 5.74) is 3.31. The zero-order chi connectivity index (χ0) is 12.3. The molecule has 0 aliphatic heterocycles. The lowest BCUT2D eigenvalue weighted by atomic mass is 9.99. The molecule has 0 aliphatic carbocycles. The van der Waals surface area contributed by atoms with Crippen molar-refractivity contribution in [2.75, 3.05) is 7.11 Å². The van der Waals surface area contributed by atoms with Crippen molar-refractivity contribution in [2.24, 2.45) is 0 Å². The molecular formula is C14H16N2O. The average Bonchev–Trinajstić information content (AvgIpc) is 2.39. The van der Waals surface area contributed by atoms with Crippen LogP contribution in [-0.4, -0.2) is 17.1 Å². The van der Waals surface area contributed by atoms with Crippen LogP contribution in [0.3, 0.4) is 0 Å². The Morgan fingerprint density at radius 2 is 1.94 bits per heavy atom. The van der Waals surface area contributed by atoms with Crippen molar-refractivity contribution in [1.29, 1.82) is 0 Å². The highest BCUT2D eigenvalue weighted by Gasteiger charge is 2.09. The third kappa shape index (κ3) is 2.44. The highest BCUT2D eigenvalue weighted by atomic mass is 16.5. The first kappa shape index (κ1) is 11.6. The van der Waals surface area contributed by atoms with Gasteiger partial charge in [-0.3, -0.25) is 4.98 Å². The van der Waals surface area contributed by atoms with E-state index >= 15 is 0 Å². The zero-order valence-electron chi connectivity index (χ0n) is 10.3. The van der Waals surface area contributed by atoms with Crippen LogP contribution in [0.25, 0.3) is 11.1 Å². The van der Waals surface area contributed by atoms with E-state index in [9.17, 15) is 0 Å². The van der Waals surface area contributed by atoms with Gasteiger partial charge in [0.05, 0.1) is 12.8 Å². The molecular weight excluding hydrogens is 212 g/mol. The SMILES string of the molecule is COc1ccc(-c2cccnc2C(C)C)cn1. The third-order valence-corrected chi connectivity index (χ3v) is 2.64. The van der Waals surface area contributed by atoms with E-state index in [2.05, 4.69) is 29.9 Å². The molecule has 0 aliphatic rings. The molecule has 2 aromatic heterocycles. The molecule has 2 aromatic rings. The molecule has 0 aromatic carbocycles. The topological polar surface area (TPSA) is 35.0 Å². The Kier molecular flexibility index (Phi) is 3.38. The molecule has 2 rings (SSSR count). The minimum atomic E-state index is 0.397. The lowest BCUT2D eigenvalue weighted by molar-refractivity contribution is 0.398. The van der Waals surface area contributed by atoms with Gasteiger partial charge in [-0.2, -0.15) is 0 Å². The number of rotatable bonds is 3. The van der Waals surface area contributed by atoms with Crippen molar-refractivity contribution in [2.45, 2.75) is 19.8 Å². The van der Waals surface area contributed by atoms with Gasteiger partial charge in [-0.05, 0) is 18.1 Å². The predicted octanol–water partition coefficient (Wildman–Crippen LogP) is 3.28. The quantitative estimate of drug-likeness (QED) is 0.808. The number of methoxy groups -OCH3 is 1. The highest BCUT2D eigenvalue weighted by molar-refractivity contribution is 5.65. The molecule has 0 radical (unpaired) electrons. The second-order valence-corrected chi connectivity index (χ2v) is 4.18. The van der Waals surface area contributed by atoms with Gasteiger partial charge in [0.15, 0.2) is 0 Å². The molecule has 0 amide bonds. The van der Waals surface area contributed by atoms with E-state index in [-0.39, 0.29) is 0 Å². The second-order valence-electron chi connectivity index (χ2n) is 4.18. The molecule has 0 fully saturated rings. The Morgan fingerprint density at radius 1 is 1.12 bits per heavy atom. The first-order valence-corrected chi connectivity index (χ1v) is 5.67. The summed E-state index contributed by atoms with van der Waals surface area (Å²) in [6.45, 7) is 4.28. The van der Waals surface area contributed by atoms with Crippen LogP contribution < -0.4 is 4.74 Å². The molecule has 0 saturated heterocycles.